The Morgan fingerprint density at radius 3 is 2.83 bits per heavy atom. The van der Waals surface area contributed by atoms with Crippen molar-refractivity contribution < 1.29 is 0 Å². The van der Waals surface area contributed by atoms with Gasteiger partial charge in [-0.1, -0.05) is 0 Å². The van der Waals surface area contributed by atoms with Gasteiger partial charge in [0, 0.05) is 27.2 Å². The molecule has 0 aliphatic heterocycles. The largest absolute Gasteiger partial charge is 0.330 e. The molecule has 3 heteroatoms. The van der Waals surface area contributed by atoms with Crippen molar-refractivity contribution in [3.63, 3.8) is 0 Å². The summed E-state index contributed by atoms with van der Waals surface area (Å²) >= 11 is 5.29. The van der Waals surface area contributed by atoms with E-state index in [9.17, 15) is 0 Å². The molecule has 1 atom stereocenters. The number of hydrogen-bond donors (Lipinski definition) is 1. The smallest absolute Gasteiger partial charge is 0.0285 e. The predicted octanol–water partition coefficient (Wildman–Crippen LogP) is 2.96. The number of halogens is 1. The standard InChI is InChI=1S/C9H12BrNS/c10-7-3-9(12-5-7)8(4-11)6-1-2-6/h3,5-6,8H,1-2,4,11H2. The number of thiophene rings is 1. The highest BCUT2D eigenvalue weighted by molar-refractivity contribution is 9.10. The molecule has 0 bridgehead atoms. The molecule has 1 aromatic heterocycles. The highest BCUT2D eigenvalue weighted by Crippen LogP contribution is 2.44. The monoisotopic (exact) mass is 245 g/mol. The van der Waals surface area contributed by atoms with E-state index in [4.69, 9.17) is 5.73 Å². The summed E-state index contributed by atoms with van der Waals surface area (Å²) in [5.41, 5.74) is 5.75. The summed E-state index contributed by atoms with van der Waals surface area (Å²) < 4.78 is 1.20. The van der Waals surface area contributed by atoms with Crippen molar-refractivity contribution in [2.24, 2.45) is 11.7 Å². The molecule has 12 heavy (non-hydrogen) atoms. The zero-order valence-corrected chi connectivity index (χ0v) is 9.20. The normalized spacial score (nSPS) is 19.5. The van der Waals surface area contributed by atoms with E-state index in [2.05, 4.69) is 27.4 Å². The molecule has 1 fully saturated rings. The van der Waals surface area contributed by atoms with Crippen LogP contribution in [0.1, 0.15) is 23.6 Å². The van der Waals surface area contributed by atoms with E-state index in [1.54, 1.807) is 0 Å². The molecular formula is C9H12BrNS. The van der Waals surface area contributed by atoms with Gasteiger partial charge < -0.3 is 5.73 Å². The van der Waals surface area contributed by atoms with Crippen LogP contribution in [0.5, 0.6) is 0 Å². The SMILES string of the molecule is NCC(c1cc(Br)cs1)C1CC1. The van der Waals surface area contributed by atoms with Crippen molar-refractivity contribution in [2.75, 3.05) is 6.54 Å². The van der Waals surface area contributed by atoms with Crippen molar-refractivity contribution in [1.82, 2.24) is 0 Å². The lowest BCUT2D eigenvalue weighted by Crippen LogP contribution is -2.12. The fourth-order valence-electron chi connectivity index (χ4n) is 1.56. The van der Waals surface area contributed by atoms with Gasteiger partial charge in [0.05, 0.1) is 0 Å². The van der Waals surface area contributed by atoms with Gasteiger partial charge in [-0.3, -0.25) is 0 Å². The number of hydrogen-bond acceptors (Lipinski definition) is 2. The molecule has 0 amide bonds. The van der Waals surface area contributed by atoms with Crippen LogP contribution in [0.3, 0.4) is 0 Å². The second kappa shape index (κ2) is 3.48. The highest BCUT2D eigenvalue weighted by Gasteiger charge is 2.31. The Balaban J connectivity index is 2.15. The molecule has 1 aliphatic rings. The van der Waals surface area contributed by atoms with Crippen LogP contribution < -0.4 is 5.73 Å². The average Bonchev–Trinajstić information content (AvgIpc) is 2.78. The Morgan fingerprint density at radius 2 is 2.42 bits per heavy atom. The molecule has 1 aromatic rings. The van der Waals surface area contributed by atoms with E-state index in [0.29, 0.717) is 5.92 Å². The minimum Gasteiger partial charge on any atom is -0.330 e. The van der Waals surface area contributed by atoms with Gasteiger partial charge in [-0.25, -0.2) is 0 Å². The van der Waals surface area contributed by atoms with Crippen molar-refractivity contribution in [2.45, 2.75) is 18.8 Å². The van der Waals surface area contributed by atoms with Gasteiger partial charge in [-0.2, -0.15) is 0 Å². The van der Waals surface area contributed by atoms with E-state index >= 15 is 0 Å². The summed E-state index contributed by atoms with van der Waals surface area (Å²) in [7, 11) is 0. The van der Waals surface area contributed by atoms with E-state index in [0.717, 1.165) is 12.5 Å². The van der Waals surface area contributed by atoms with E-state index in [1.807, 2.05) is 11.3 Å². The molecule has 0 radical (unpaired) electrons. The molecule has 2 rings (SSSR count). The molecule has 2 N–H and O–H groups in total. The Kier molecular flexibility index (Phi) is 2.53. The highest BCUT2D eigenvalue weighted by atomic mass is 79.9. The van der Waals surface area contributed by atoms with Crippen LogP contribution >= 0.6 is 27.3 Å². The minimum absolute atomic E-state index is 0.626. The van der Waals surface area contributed by atoms with Crippen molar-refractivity contribution >= 4 is 27.3 Å². The summed E-state index contributed by atoms with van der Waals surface area (Å²) in [5, 5.41) is 2.14. The average molecular weight is 246 g/mol. The lowest BCUT2D eigenvalue weighted by atomic mass is 10.0. The second-order valence-corrected chi connectivity index (χ2v) is 5.21. The fourth-order valence-corrected chi connectivity index (χ4v) is 3.22. The maximum Gasteiger partial charge on any atom is 0.0285 e. The maximum atomic E-state index is 5.75. The third kappa shape index (κ3) is 1.73. The number of rotatable bonds is 3. The predicted molar refractivity (Wildman–Crippen MR) is 56.5 cm³/mol. The van der Waals surface area contributed by atoms with Gasteiger partial charge in [0.15, 0.2) is 0 Å². The molecule has 0 saturated heterocycles. The Hall–Kier alpha value is 0.140. The van der Waals surface area contributed by atoms with Gasteiger partial charge in [-0.05, 0) is 40.8 Å². The molecule has 0 aromatic carbocycles. The Bertz CT molecular complexity index is 267. The summed E-state index contributed by atoms with van der Waals surface area (Å²) in [6.07, 6.45) is 2.74. The second-order valence-electron chi connectivity index (χ2n) is 3.35. The fraction of sp³-hybridized carbons (Fsp3) is 0.556. The lowest BCUT2D eigenvalue weighted by molar-refractivity contribution is 0.626. The van der Waals surface area contributed by atoms with Crippen LogP contribution in [-0.4, -0.2) is 6.54 Å². The van der Waals surface area contributed by atoms with Gasteiger partial charge in [-0.15, -0.1) is 11.3 Å². The molecular weight excluding hydrogens is 234 g/mol. The topological polar surface area (TPSA) is 26.0 Å². The van der Waals surface area contributed by atoms with E-state index in [-0.39, 0.29) is 0 Å². The first-order chi connectivity index (χ1) is 5.81. The quantitative estimate of drug-likeness (QED) is 0.871. The van der Waals surface area contributed by atoms with Gasteiger partial charge in [0.25, 0.3) is 0 Å². The third-order valence-electron chi connectivity index (χ3n) is 2.40. The first-order valence-corrected chi connectivity index (χ1v) is 5.92. The maximum absolute atomic E-state index is 5.75. The minimum atomic E-state index is 0.626. The first kappa shape index (κ1) is 8.73. The summed E-state index contributed by atoms with van der Waals surface area (Å²) in [6.45, 7) is 0.803. The van der Waals surface area contributed by atoms with Crippen LogP contribution in [-0.2, 0) is 0 Å². The summed E-state index contributed by atoms with van der Waals surface area (Å²) in [6, 6.07) is 2.21. The molecule has 1 aliphatic carbocycles. The summed E-state index contributed by atoms with van der Waals surface area (Å²) in [5.74, 6) is 1.50. The van der Waals surface area contributed by atoms with Crippen LogP contribution in [0.2, 0.25) is 0 Å². The zero-order chi connectivity index (χ0) is 8.55. The van der Waals surface area contributed by atoms with Gasteiger partial charge >= 0.3 is 0 Å². The Morgan fingerprint density at radius 1 is 1.67 bits per heavy atom. The third-order valence-corrected chi connectivity index (χ3v) is 4.22. The molecule has 1 heterocycles. The summed E-state index contributed by atoms with van der Waals surface area (Å²) in [4.78, 5) is 1.45. The van der Waals surface area contributed by atoms with E-state index in [1.165, 1.54) is 22.2 Å². The van der Waals surface area contributed by atoms with Gasteiger partial charge in [0.1, 0.15) is 0 Å². The molecule has 1 saturated carbocycles. The molecule has 1 unspecified atom stereocenters. The van der Waals surface area contributed by atoms with Crippen molar-refractivity contribution in [3.05, 3.63) is 20.8 Å². The van der Waals surface area contributed by atoms with Crippen LogP contribution in [0.15, 0.2) is 15.9 Å². The first-order valence-electron chi connectivity index (χ1n) is 4.25. The van der Waals surface area contributed by atoms with Crippen LogP contribution in [0, 0.1) is 5.92 Å². The molecule has 1 nitrogen and oxygen atoms in total. The van der Waals surface area contributed by atoms with Crippen molar-refractivity contribution in [3.8, 4) is 0 Å². The lowest BCUT2D eigenvalue weighted by Gasteiger charge is -2.10. The Labute approximate surface area is 85.1 Å². The van der Waals surface area contributed by atoms with Crippen molar-refractivity contribution in [1.29, 1.82) is 0 Å². The molecule has 66 valence electrons. The molecule has 0 spiro atoms. The number of nitrogens with two attached hydrogens (primary N) is 1. The zero-order valence-electron chi connectivity index (χ0n) is 6.79. The van der Waals surface area contributed by atoms with Crippen LogP contribution in [0.4, 0.5) is 0 Å². The van der Waals surface area contributed by atoms with E-state index < -0.39 is 0 Å². The van der Waals surface area contributed by atoms with Crippen LogP contribution in [0.25, 0.3) is 0 Å². The van der Waals surface area contributed by atoms with Gasteiger partial charge in [0.2, 0.25) is 0 Å².